The van der Waals surface area contributed by atoms with Gasteiger partial charge in [0.05, 0.1) is 10.6 Å². The molecule has 0 amide bonds. The molecular formula is C13H18N2OS. The van der Waals surface area contributed by atoms with Crippen molar-refractivity contribution in [2.75, 3.05) is 18.0 Å². The highest BCUT2D eigenvalue weighted by Crippen LogP contribution is 2.35. The molecule has 0 spiro atoms. The standard InChI is InChI=1S/C13H18N2OS/c1-8-6-15(7-9(8)2)13-14-10-4-3-5-11(16)12(10)17-13/h8-9H,3-7H2,1-2H3. The zero-order chi connectivity index (χ0) is 12.0. The molecule has 17 heavy (non-hydrogen) atoms. The first kappa shape index (κ1) is 11.2. The molecule has 2 aliphatic rings. The molecule has 3 rings (SSSR count). The first-order chi connectivity index (χ1) is 8.15. The van der Waals surface area contributed by atoms with Crippen LogP contribution in [0.1, 0.15) is 42.1 Å². The minimum absolute atomic E-state index is 0.301. The second-order valence-corrected chi connectivity index (χ2v) is 6.39. The van der Waals surface area contributed by atoms with Gasteiger partial charge in [0.2, 0.25) is 0 Å². The normalized spacial score (nSPS) is 28.6. The average Bonchev–Trinajstić information content (AvgIpc) is 2.85. The van der Waals surface area contributed by atoms with Crippen LogP contribution in [0.2, 0.25) is 0 Å². The van der Waals surface area contributed by atoms with E-state index in [2.05, 4.69) is 23.7 Å². The summed E-state index contributed by atoms with van der Waals surface area (Å²) in [6.45, 7) is 6.76. The van der Waals surface area contributed by atoms with Crippen molar-refractivity contribution < 1.29 is 4.79 Å². The second kappa shape index (κ2) is 4.09. The van der Waals surface area contributed by atoms with E-state index >= 15 is 0 Å². The lowest BCUT2D eigenvalue weighted by Gasteiger charge is -2.13. The van der Waals surface area contributed by atoms with Gasteiger partial charge in [-0.25, -0.2) is 4.98 Å². The Morgan fingerprint density at radius 1 is 1.24 bits per heavy atom. The third kappa shape index (κ3) is 1.88. The quantitative estimate of drug-likeness (QED) is 0.768. The van der Waals surface area contributed by atoms with Gasteiger partial charge in [-0.1, -0.05) is 25.2 Å². The predicted molar refractivity (Wildman–Crippen MR) is 69.9 cm³/mol. The number of rotatable bonds is 1. The van der Waals surface area contributed by atoms with Gasteiger partial charge in [0, 0.05) is 19.5 Å². The maximum atomic E-state index is 11.8. The smallest absolute Gasteiger partial charge is 0.186 e. The van der Waals surface area contributed by atoms with Crippen molar-refractivity contribution in [3.05, 3.63) is 10.6 Å². The lowest BCUT2D eigenvalue weighted by Crippen LogP contribution is -2.19. The van der Waals surface area contributed by atoms with Crippen LogP contribution in [0.25, 0.3) is 0 Å². The second-order valence-electron chi connectivity index (χ2n) is 5.41. The van der Waals surface area contributed by atoms with Gasteiger partial charge in [0.15, 0.2) is 10.9 Å². The lowest BCUT2D eigenvalue weighted by atomic mass is 10.0. The van der Waals surface area contributed by atoms with E-state index in [0.29, 0.717) is 12.2 Å². The number of hydrogen-bond donors (Lipinski definition) is 0. The van der Waals surface area contributed by atoms with Crippen molar-refractivity contribution in [3.8, 4) is 0 Å². The van der Waals surface area contributed by atoms with Crippen molar-refractivity contribution in [1.29, 1.82) is 0 Å². The average molecular weight is 250 g/mol. The zero-order valence-corrected chi connectivity index (χ0v) is 11.2. The molecule has 3 nitrogen and oxygen atoms in total. The van der Waals surface area contributed by atoms with Crippen LogP contribution in [0, 0.1) is 11.8 Å². The maximum Gasteiger partial charge on any atom is 0.186 e. The highest BCUT2D eigenvalue weighted by molar-refractivity contribution is 7.17. The fraction of sp³-hybridized carbons (Fsp3) is 0.692. The summed E-state index contributed by atoms with van der Waals surface area (Å²) in [4.78, 5) is 19.8. The van der Waals surface area contributed by atoms with Gasteiger partial charge in [-0.15, -0.1) is 0 Å². The Morgan fingerprint density at radius 3 is 2.59 bits per heavy atom. The third-order valence-electron chi connectivity index (χ3n) is 4.02. The van der Waals surface area contributed by atoms with E-state index in [1.165, 1.54) is 0 Å². The number of carbonyl (C=O) groups is 1. The van der Waals surface area contributed by atoms with Gasteiger partial charge < -0.3 is 4.90 Å². The zero-order valence-electron chi connectivity index (χ0n) is 10.4. The summed E-state index contributed by atoms with van der Waals surface area (Å²) in [5.74, 6) is 1.76. The summed E-state index contributed by atoms with van der Waals surface area (Å²) in [6.07, 6.45) is 2.67. The minimum atomic E-state index is 0.301. The van der Waals surface area contributed by atoms with Gasteiger partial charge in [-0.05, 0) is 24.7 Å². The van der Waals surface area contributed by atoms with Crippen LogP contribution in [0.3, 0.4) is 0 Å². The van der Waals surface area contributed by atoms with Crippen LogP contribution < -0.4 is 4.90 Å². The number of ketones is 1. The fourth-order valence-corrected chi connectivity index (χ4v) is 3.78. The van der Waals surface area contributed by atoms with Crippen LogP contribution in [-0.4, -0.2) is 23.9 Å². The topological polar surface area (TPSA) is 33.2 Å². The summed E-state index contributed by atoms with van der Waals surface area (Å²) in [7, 11) is 0. The highest BCUT2D eigenvalue weighted by atomic mass is 32.1. The van der Waals surface area contributed by atoms with Gasteiger partial charge >= 0.3 is 0 Å². The molecule has 1 aromatic rings. The number of aromatic nitrogens is 1. The largest absolute Gasteiger partial charge is 0.348 e. The third-order valence-corrected chi connectivity index (χ3v) is 5.21. The molecule has 92 valence electrons. The first-order valence-electron chi connectivity index (χ1n) is 6.43. The van der Waals surface area contributed by atoms with Crippen molar-refractivity contribution in [3.63, 3.8) is 0 Å². The van der Waals surface area contributed by atoms with Gasteiger partial charge in [-0.2, -0.15) is 0 Å². The van der Waals surface area contributed by atoms with E-state index in [1.54, 1.807) is 11.3 Å². The predicted octanol–water partition coefficient (Wildman–Crippen LogP) is 2.75. The van der Waals surface area contributed by atoms with Crippen LogP contribution >= 0.6 is 11.3 Å². The molecule has 0 N–H and O–H groups in total. The van der Waals surface area contributed by atoms with Crippen LogP contribution in [-0.2, 0) is 6.42 Å². The molecule has 0 saturated carbocycles. The Bertz CT molecular complexity index is 444. The number of anilines is 1. The van der Waals surface area contributed by atoms with E-state index in [9.17, 15) is 4.79 Å². The lowest BCUT2D eigenvalue weighted by molar-refractivity contribution is 0.0976. The fourth-order valence-electron chi connectivity index (χ4n) is 2.68. The first-order valence-corrected chi connectivity index (χ1v) is 7.24. The van der Waals surface area contributed by atoms with E-state index in [1.807, 2.05) is 0 Å². The molecule has 0 bridgehead atoms. The highest BCUT2D eigenvalue weighted by Gasteiger charge is 2.30. The van der Waals surface area contributed by atoms with Gasteiger partial charge in [-0.3, -0.25) is 4.79 Å². The summed E-state index contributed by atoms with van der Waals surface area (Å²) in [5.41, 5.74) is 1.05. The molecule has 2 atom stereocenters. The molecule has 1 saturated heterocycles. The number of carbonyl (C=O) groups excluding carboxylic acids is 1. The SMILES string of the molecule is CC1CN(c2nc3c(s2)C(=O)CCC3)CC1C. The van der Waals surface area contributed by atoms with E-state index in [4.69, 9.17) is 0 Å². The Hall–Kier alpha value is -0.900. The van der Waals surface area contributed by atoms with Crippen LogP contribution in [0.15, 0.2) is 0 Å². The number of hydrogen-bond acceptors (Lipinski definition) is 4. The van der Waals surface area contributed by atoms with E-state index in [0.717, 1.165) is 53.5 Å². The molecule has 1 aromatic heterocycles. The summed E-state index contributed by atoms with van der Waals surface area (Å²) >= 11 is 1.61. The summed E-state index contributed by atoms with van der Waals surface area (Å²) in [6, 6.07) is 0. The molecule has 2 heterocycles. The Morgan fingerprint density at radius 2 is 1.94 bits per heavy atom. The van der Waals surface area contributed by atoms with Crippen molar-refractivity contribution in [2.24, 2.45) is 11.8 Å². The summed E-state index contributed by atoms with van der Waals surface area (Å²) < 4.78 is 0. The van der Waals surface area contributed by atoms with Gasteiger partial charge in [0.1, 0.15) is 0 Å². The number of fused-ring (bicyclic) bond motifs is 1. The number of nitrogens with zero attached hydrogens (tertiary/aromatic N) is 2. The minimum Gasteiger partial charge on any atom is -0.348 e. The van der Waals surface area contributed by atoms with Crippen LogP contribution in [0.4, 0.5) is 5.13 Å². The van der Waals surface area contributed by atoms with Crippen LogP contribution in [0.5, 0.6) is 0 Å². The molecule has 4 heteroatoms. The molecular weight excluding hydrogens is 232 g/mol. The molecule has 1 fully saturated rings. The maximum absolute atomic E-state index is 11.8. The molecule has 0 radical (unpaired) electrons. The Balaban J connectivity index is 1.88. The van der Waals surface area contributed by atoms with Crippen molar-refractivity contribution >= 4 is 22.3 Å². The number of Topliss-reactive ketones (excluding diaryl/α,β-unsaturated/α-hetero) is 1. The molecule has 1 aliphatic heterocycles. The number of thiazole rings is 1. The van der Waals surface area contributed by atoms with E-state index in [-0.39, 0.29) is 0 Å². The summed E-state index contributed by atoms with van der Waals surface area (Å²) in [5, 5.41) is 1.07. The molecule has 0 aromatic carbocycles. The van der Waals surface area contributed by atoms with Crippen molar-refractivity contribution in [2.45, 2.75) is 33.1 Å². The Kier molecular flexibility index (Phi) is 2.69. The van der Waals surface area contributed by atoms with E-state index < -0.39 is 0 Å². The monoisotopic (exact) mass is 250 g/mol. The molecule has 2 unspecified atom stereocenters. The van der Waals surface area contributed by atoms with Gasteiger partial charge in [0.25, 0.3) is 0 Å². The van der Waals surface area contributed by atoms with Crippen molar-refractivity contribution in [1.82, 2.24) is 4.98 Å². The molecule has 1 aliphatic carbocycles. The Labute approximate surface area is 106 Å². The number of aryl methyl sites for hydroxylation is 1.